The molecule has 2 N–H and O–H groups in total. The van der Waals surface area contributed by atoms with Crippen LogP contribution in [-0.4, -0.2) is 102 Å². The van der Waals surface area contributed by atoms with Crippen LogP contribution in [0.3, 0.4) is 0 Å². The van der Waals surface area contributed by atoms with E-state index < -0.39 is 59.9 Å². The predicted molar refractivity (Wildman–Crippen MR) is 158 cm³/mol. The smallest absolute Gasteiger partial charge is 0.338 e. The number of likely N-dealkylation sites (tertiary alicyclic amines) is 1. The van der Waals surface area contributed by atoms with Crippen LogP contribution in [0, 0.1) is 18.2 Å². The lowest BCUT2D eigenvalue weighted by molar-refractivity contribution is -0.205. The minimum Gasteiger partial charge on any atom is -0.481 e. The highest BCUT2D eigenvalue weighted by Crippen LogP contribution is 2.42. The summed E-state index contributed by atoms with van der Waals surface area (Å²) in [5.41, 5.74) is -0.296. The van der Waals surface area contributed by atoms with Gasteiger partial charge < -0.3 is 19.9 Å². The number of fused-ring (bicyclic) bond motifs is 1. The van der Waals surface area contributed by atoms with Crippen molar-refractivity contribution in [2.75, 3.05) is 40.0 Å². The molecule has 4 atom stereocenters. The van der Waals surface area contributed by atoms with Crippen LogP contribution in [-0.2, 0) is 23.9 Å². The fraction of sp³-hybridized carbons (Fsp3) is 0.533. The Kier molecular flexibility index (Phi) is 9.38. The number of benzene rings is 1. The molecule has 15 heteroatoms. The van der Waals surface area contributed by atoms with Gasteiger partial charge in [-0.15, -0.1) is 11.3 Å². The fourth-order valence-corrected chi connectivity index (χ4v) is 6.61. The molecule has 0 bridgehead atoms. The standard InChI is InChI=1S/C30H36F3N5O6S/c1-6-43-27(39)22-19(35-25(26-34-10-11-45-26)36-23(22)17-8-7-9-18(31)16(17)2)12-37-15-30(32,33)24-20(37)14-44-38(24)13-21(42-5)29(3,4)28(40)41/h7-11,20-21,23-24H,6,12-15H2,1-5H3,(H,35,36)(H,40,41)/t20-,21+,23+,24+/m1/s1. The van der Waals surface area contributed by atoms with Crippen LogP contribution in [0.5, 0.6) is 0 Å². The van der Waals surface area contributed by atoms with E-state index in [1.165, 1.54) is 49.3 Å². The van der Waals surface area contributed by atoms with Crippen LogP contribution in [0.2, 0.25) is 0 Å². The van der Waals surface area contributed by atoms with E-state index in [-0.39, 0.29) is 43.1 Å². The molecule has 0 radical (unpaired) electrons. The molecule has 2 aromatic rings. The summed E-state index contributed by atoms with van der Waals surface area (Å²) in [5, 5.41) is 16.2. The lowest BCUT2D eigenvalue weighted by Crippen LogP contribution is -2.51. The normalized spacial score (nSPS) is 24.3. The van der Waals surface area contributed by atoms with Gasteiger partial charge in [-0.05, 0) is 44.9 Å². The molecule has 3 aliphatic rings. The van der Waals surface area contributed by atoms with Crippen LogP contribution in [0.25, 0.3) is 0 Å². The first-order valence-electron chi connectivity index (χ1n) is 14.5. The zero-order valence-electron chi connectivity index (χ0n) is 25.6. The van der Waals surface area contributed by atoms with Gasteiger partial charge in [-0.3, -0.25) is 19.5 Å². The number of aliphatic carboxylic acids is 1. The summed E-state index contributed by atoms with van der Waals surface area (Å²) in [5.74, 6) is -5.26. The number of rotatable bonds is 11. The number of amidine groups is 1. The number of aliphatic imine (C=N–C) groups is 1. The third-order valence-electron chi connectivity index (χ3n) is 8.61. The fourth-order valence-electron chi connectivity index (χ4n) is 6.02. The first-order valence-corrected chi connectivity index (χ1v) is 15.4. The number of hydroxylamine groups is 2. The van der Waals surface area contributed by atoms with E-state index in [0.717, 1.165) is 5.06 Å². The second-order valence-electron chi connectivity index (χ2n) is 11.7. The van der Waals surface area contributed by atoms with Gasteiger partial charge >= 0.3 is 11.9 Å². The van der Waals surface area contributed by atoms with Crippen molar-refractivity contribution in [3.05, 3.63) is 63.0 Å². The number of hydrogen-bond acceptors (Lipinski definition) is 11. The van der Waals surface area contributed by atoms with Gasteiger partial charge in [-0.2, -0.15) is 5.06 Å². The molecule has 0 amide bonds. The summed E-state index contributed by atoms with van der Waals surface area (Å²) < 4.78 is 57.1. The number of halogens is 3. The number of methoxy groups -OCH3 is 1. The second kappa shape index (κ2) is 12.8. The highest BCUT2D eigenvalue weighted by atomic mass is 32.1. The monoisotopic (exact) mass is 651 g/mol. The molecule has 4 heterocycles. The zero-order valence-corrected chi connectivity index (χ0v) is 26.4. The third-order valence-corrected chi connectivity index (χ3v) is 9.39. The van der Waals surface area contributed by atoms with Crippen LogP contribution < -0.4 is 5.32 Å². The van der Waals surface area contributed by atoms with Gasteiger partial charge in [0.1, 0.15) is 17.9 Å². The van der Waals surface area contributed by atoms with Crippen LogP contribution >= 0.6 is 11.3 Å². The molecular weight excluding hydrogens is 615 g/mol. The van der Waals surface area contributed by atoms with Crippen molar-refractivity contribution in [1.82, 2.24) is 20.3 Å². The Morgan fingerprint density at radius 2 is 2.09 bits per heavy atom. The highest BCUT2D eigenvalue weighted by molar-refractivity contribution is 7.11. The summed E-state index contributed by atoms with van der Waals surface area (Å²) in [4.78, 5) is 41.7. The topological polar surface area (TPSA) is 126 Å². The van der Waals surface area contributed by atoms with E-state index in [4.69, 9.17) is 19.3 Å². The van der Waals surface area contributed by atoms with Gasteiger partial charge in [0.05, 0.1) is 49.4 Å². The first kappa shape index (κ1) is 33.0. The number of aromatic nitrogens is 1. The van der Waals surface area contributed by atoms with E-state index in [1.807, 2.05) is 0 Å². The number of ether oxygens (including phenoxy) is 2. The number of esters is 1. The number of nitrogens with one attached hydrogen (secondary N) is 1. The number of alkyl halides is 2. The quantitative estimate of drug-likeness (QED) is 0.349. The minimum absolute atomic E-state index is 0.0517. The Morgan fingerprint density at radius 3 is 2.73 bits per heavy atom. The summed E-state index contributed by atoms with van der Waals surface area (Å²) in [6, 6.07) is 1.30. The van der Waals surface area contributed by atoms with E-state index in [0.29, 0.717) is 16.4 Å². The Bertz CT molecular complexity index is 1500. The molecular formula is C30H36F3N5O6S. The number of hydrogen-bond donors (Lipinski definition) is 2. The van der Waals surface area contributed by atoms with Gasteiger partial charge in [-0.1, -0.05) is 12.1 Å². The van der Waals surface area contributed by atoms with Gasteiger partial charge in [0, 0.05) is 30.9 Å². The largest absolute Gasteiger partial charge is 0.481 e. The molecule has 1 aromatic carbocycles. The lowest BCUT2D eigenvalue weighted by atomic mass is 9.86. The predicted octanol–water partition coefficient (Wildman–Crippen LogP) is 3.56. The summed E-state index contributed by atoms with van der Waals surface area (Å²) in [6.07, 6.45) is 0.648. The maximum Gasteiger partial charge on any atom is 0.338 e. The van der Waals surface area contributed by atoms with Crippen molar-refractivity contribution in [3.63, 3.8) is 0 Å². The van der Waals surface area contributed by atoms with Crippen molar-refractivity contribution in [3.8, 4) is 0 Å². The molecule has 2 fully saturated rings. The molecule has 244 valence electrons. The van der Waals surface area contributed by atoms with Gasteiger partial charge in [-0.25, -0.2) is 22.9 Å². The summed E-state index contributed by atoms with van der Waals surface area (Å²) in [6.45, 7) is 5.14. The van der Waals surface area contributed by atoms with Crippen LogP contribution in [0.4, 0.5) is 13.2 Å². The van der Waals surface area contributed by atoms with E-state index in [2.05, 4.69) is 10.3 Å². The van der Waals surface area contributed by atoms with Crippen LogP contribution in [0.15, 0.2) is 46.0 Å². The Hall–Kier alpha value is -3.37. The maximum absolute atomic E-state index is 15.8. The third kappa shape index (κ3) is 6.23. The van der Waals surface area contributed by atoms with E-state index in [9.17, 15) is 19.1 Å². The Morgan fingerprint density at radius 1 is 1.33 bits per heavy atom. The van der Waals surface area contributed by atoms with Crippen LogP contribution in [0.1, 0.15) is 42.9 Å². The average molecular weight is 652 g/mol. The van der Waals surface area contributed by atoms with Gasteiger partial charge in [0.25, 0.3) is 5.92 Å². The number of carboxylic acids is 1. The van der Waals surface area contributed by atoms with Crippen molar-refractivity contribution in [1.29, 1.82) is 0 Å². The van der Waals surface area contributed by atoms with Crippen molar-refractivity contribution < 1.29 is 42.2 Å². The zero-order chi connectivity index (χ0) is 32.7. The molecule has 0 spiro atoms. The van der Waals surface area contributed by atoms with Gasteiger partial charge in [0.2, 0.25) is 0 Å². The number of thiazole rings is 1. The second-order valence-corrected chi connectivity index (χ2v) is 12.6. The molecule has 11 nitrogen and oxygen atoms in total. The molecule has 0 aliphatic carbocycles. The molecule has 1 aromatic heterocycles. The number of carbonyl (C=O) groups excluding carboxylic acids is 1. The average Bonchev–Trinajstić information content (AvgIpc) is 3.72. The molecule has 2 saturated heterocycles. The van der Waals surface area contributed by atoms with Crippen molar-refractivity contribution in [2.24, 2.45) is 10.4 Å². The van der Waals surface area contributed by atoms with E-state index in [1.54, 1.807) is 31.5 Å². The number of carboxylic acid groups (broad SMARTS) is 1. The molecule has 5 rings (SSSR count). The highest BCUT2D eigenvalue weighted by Gasteiger charge is 2.61. The first-order chi connectivity index (χ1) is 21.3. The van der Waals surface area contributed by atoms with Crippen molar-refractivity contribution >= 4 is 29.1 Å². The SMILES string of the molecule is CCOC(=O)C1=C(CN2CC(F)(F)[C@@H]3[C@H]2CON3C[C@H](OC)C(C)(C)C(=O)O)NC(c2nccs2)=N[C@H]1c1cccc(F)c1C. The molecule has 0 unspecified atom stereocenters. The van der Waals surface area contributed by atoms with E-state index >= 15 is 8.78 Å². The molecule has 3 aliphatic heterocycles. The summed E-state index contributed by atoms with van der Waals surface area (Å²) in [7, 11) is 1.33. The molecule has 45 heavy (non-hydrogen) atoms. The van der Waals surface area contributed by atoms with Crippen molar-refractivity contribution in [2.45, 2.75) is 57.8 Å². The Labute approximate surface area is 262 Å². The number of carbonyl (C=O) groups is 2. The minimum atomic E-state index is -3.25. The summed E-state index contributed by atoms with van der Waals surface area (Å²) >= 11 is 1.29. The number of nitrogens with zero attached hydrogens (tertiary/aromatic N) is 4. The lowest BCUT2D eigenvalue weighted by Gasteiger charge is -2.34. The molecule has 0 saturated carbocycles. The maximum atomic E-state index is 15.8. The Balaban J connectivity index is 1.51. The van der Waals surface area contributed by atoms with Gasteiger partial charge in [0.15, 0.2) is 10.8 Å².